The first kappa shape index (κ1) is 15.6. The molecule has 0 saturated carbocycles. The number of hydrogen-bond donors (Lipinski definition) is 2. The number of carbonyl (C=O) groups is 1. The topological polar surface area (TPSA) is 54.0 Å². The quantitative estimate of drug-likeness (QED) is 0.825. The largest absolute Gasteiger partial charge is 0.339 e. The highest BCUT2D eigenvalue weighted by molar-refractivity contribution is 6.35. The van der Waals surface area contributed by atoms with E-state index in [2.05, 4.69) is 15.6 Å². The fraction of sp³-hybridized carbons (Fsp3) is 0.200. The molecule has 2 rings (SSSR count). The van der Waals surface area contributed by atoms with E-state index in [4.69, 9.17) is 23.2 Å². The van der Waals surface area contributed by atoms with Gasteiger partial charge >= 0.3 is 0 Å². The molecule has 0 saturated heterocycles. The lowest BCUT2D eigenvalue weighted by molar-refractivity contribution is -0.116. The molecule has 0 unspecified atom stereocenters. The first-order chi connectivity index (χ1) is 10.1. The van der Waals surface area contributed by atoms with Crippen LogP contribution in [0.15, 0.2) is 36.5 Å². The molecule has 4 nitrogen and oxygen atoms in total. The number of anilines is 3. The van der Waals surface area contributed by atoms with Crippen molar-refractivity contribution in [3.8, 4) is 0 Å². The van der Waals surface area contributed by atoms with Crippen LogP contribution in [0.1, 0.15) is 19.8 Å². The van der Waals surface area contributed by atoms with Crippen LogP contribution in [0.2, 0.25) is 10.0 Å². The first-order valence-corrected chi connectivity index (χ1v) is 7.32. The Morgan fingerprint density at radius 3 is 2.71 bits per heavy atom. The van der Waals surface area contributed by atoms with Crippen molar-refractivity contribution < 1.29 is 4.79 Å². The fourth-order valence-electron chi connectivity index (χ4n) is 1.72. The second-order valence-corrected chi connectivity index (χ2v) is 5.32. The Morgan fingerprint density at radius 1 is 1.24 bits per heavy atom. The second kappa shape index (κ2) is 7.29. The number of nitrogens with one attached hydrogen (secondary N) is 2. The Labute approximate surface area is 133 Å². The Bertz CT molecular complexity index is 629. The molecule has 110 valence electrons. The summed E-state index contributed by atoms with van der Waals surface area (Å²) in [5.41, 5.74) is 1.34. The summed E-state index contributed by atoms with van der Waals surface area (Å²) in [6, 6.07) is 8.70. The van der Waals surface area contributed by atoms with Gasteiger partial charge in [0.25, 0.3) is 0 Å². The maximum absolute atomic E-state index is 11.5. The van der Waals surface area contributed by atoms with E-state index < -0.39 is 0 Å². The zero-order chi connectivity index (χ0) is 15.2. The van der Waals surface area contributed by atoms with Crippen LogP contribution in [-0.4, -0.2) is 10.9 Å². The second-order valence-electron chi connectivity index (χ2n) is 4.48. The van der Waals surface area contributed by atoms with Crippen molar-refractivity contribution in [2.45, 2.75) is 19.8 Å². The molecular weight excluding hydrogens is 309 g/mol. The van der Waals surface area contributed by atoms with E-state index in [9.17, 15) is 4.79 Å². The molecule has 1 amide bonds. The normalized spacial score (nSPS) is 10.2. The van der Waals surface area contributed by atoms with Crippen LogP contribution in [0.3, 0.4) is 0 Å². The summed E-state index contributed by atoms with van der Waals surface area (Å²) in [5, 5.41) is 7.00. The third kappa shape index (κ3) is 4.62. The van der Waals surface area contributed by atoms with E-state index in [1.807, 2.05) is 6.92 Å². The lowest BCUT2D eigenvalue weighted by atomic mass is 10.3. The molecular formula is C15H15Cl2N3O. The van der Waals surface area contributed by atoms with Gasteiger partial charge in [-0.05, 0) is 36.8 Å². The van der Waals surface area contributed by atoms with Crippen molar-refractivity contribution >= 4 is 46.3 Å². The van der Waals surface area contributed by atoms with Crippen LogP contribution in [0, 0.1) is 0 Å². The first-order valence-electron chi connectivity index (χ1n) is 6.56. The summed E-state index contributed by atoms with van der Waals surface area (Å²) in [6.07, 6.45) is 2.90. The minimum absolute atomic E-state index is 0.0158. The van der Waals surface area contributed by atoms with Gasteiger partial charge in [-0.15, -0.1) is 0 Å². The monoisotopic (exact) mass is 323 g/mol. The molecule has 0 aliphatic heterocycles. The van der Waals surface area contributed by atoms with Gasteiger partial charge in [-0.1, -0.05) is 30.1 Å². The van der Waals surface area contributed by atoms with Crippen molar-refractivity contribution in [1.82, 2.24) is 4.98 Å². The van der Waals surface area contributed by atoms with Gasteiger partial charge in [-0.3, -0.25) is 4.79 Å². The predicted octanol–water partition coefficient (Wildman–Crippen LogP) is 4.87. The van der Waals surface area contributed by atoms with E-state index >= 15 is 0 Å². The van der Waals surface area contributed by atoms with Crippen LogP contribution in [-0.2, 0) is 4.79 Å². The maximum Gasteiger partial charge on any atom is 0.224 e. The Morgan fingerprint density at radius 2 is 2.05 bits per heavy atom. The van der Waals surface area contributed by atoms with Crippen molar-refractivity contribution in [1.29, 1.82) is 0 Å². The van der Waals surface area contributed by atoms with E-state index in [-0.39, 0.29) is 5.91 Å². The third-order valence-electron chi connectivity index (χ3n) is 2.72. The van der Waals surface area contributed by atoms with Crippen LogP contribution < -0.4 is 10.6 Å². The molecule has 21 heavy (non-hydrogen) atoms. The Kier molecular flexibility index (Phi) is 5.42. The number of pyridine rings is 1. The van der Waals surface area contributed by atoms with Crippen molar-refractivity contribution in [2.24, 2.45) is 0 Å². The van der Waals surface area contributed by atoms with Crippen molar-refractivity contribution in [3.05, 3.63) is 46.6 Å². The summed E-state index contributed by atoms with van der Waals surface area (Å²) >= 11 is 12.0. The third-order valence-corrected chi connectivity index (χ3v) is 3.28. The van der Waals surface area contributed by atoms with Gasteiger partial charge in [0.2, 0.25) is 5.91 Å². The number of carbonyl (C=O) groups excluding carboxylic acids is 1. The molecule has 1 heterocycles. The maximum atomic E-state index is 11.5. The van der Waals surface area contributed by atoms with E-state index in [0.29, 0.717) is 33.7 Å². The summed E-state index contributed by atoms with van der Waals surface area (Å²) in [6.45, 7) is 1.96. The highest BCUT2D eigenvalue weighted by atomic mass is 35.5. The highest BCUT2D eigenvalue weighted by Gasteiger charge is 2.04. The molecule has 2 N–H and O–H groups in total. The number of rotatable bonds is 5. The number of amides is 1. The average Bonchev–Trinajstić information content (AvgIpc) is 2.45. The molecule has 2 aromatic rings. The minimum atomic E-state index is -0.0158. The average molecular weight is 324 g/mol. The van der Waals surface area contributed by atoms with Gasteiger partial charge in [0.05, 0.1) is 22.6 Å². The smallest absolute Gasteiger partial charge is 0.224 e. The number of hydrogen-bond acceptors (Lipinski definition) is 3. The molecule has 0 aliphatic carbocycles. The standard InChI is InChI=1S/C15H15Cl2N3O/c1-2-3-15(21)19-11-5-7-14(18-9-11)20-13-8-10(16)4-6-12(13)17/h4-9H,2-3H2,1H3,(H,18,20)(H,19,21). The number of benzene rings is 1. The van der Waals surface area contributed by atoms with Gasteiger partial charge in [-0.25, -0.2) is 4.98 Å². The zero-order valence-corrected chi connectivity index (χ0v) is 13.0. The van der Waals surface area contributed by atoms with Crippen LogP contribution in [0.5, 0.6) is 0 Å². The summed E-state index contributed by atoms with van der Waals surface area (Å²) in [4.78, 5) is 15.7. The van der Waals surface area contributed by atoms with E-state index in [1.165, 1.54) is 0 Å². The van der Waals surface area contributed by atoms with Gasteiger partial charge in [0.15, 0.2) is 0 Å². The van der Waals surface area contributed by atoms with Crippen LogP contribution >= 0.6 is 23.2 Å². The molecule has 0 spiro atoms. The predicted molar refractivity (Wildman–Crippen MR) is 87.5 cm³/mol. The minimum Gasteiger partial charge on any atom is -0.339 e. The molecule has 0 fully saturated rings. The lowest BCUT2D eigenvalue weighted by Gasteiger charge is -2.09. The lowest BCUT2D eigenvalue weighted by Crippen LogP contribution is -2.10. The number of halogens is 2. The van der Waals surface area contributed by atoms with E-state index in [0.717, 1.165) is 6.42 Å². The number of aromatic nitrogens is 1. The summed E-state index contributed by atoms with van der Waals surface area (Å²) in [7, 11) is 0. The molecule has 0 aliphatic rings. The van der Waals surface area contributed by atoms with E-state index in [1.54, 1.807) is 36.5 Å². The molecule has 0 atom stereocenters. The SMILES string of the molecule is CCCC(=O)Nc1ccc(Nc2cc(Cl)ccc2Cl)nc1. The molecule has 0 radical (unpaired) electrons. The molecule has 0 bridgehead atoms. The number of nitrogens with zero attached hydrogens (tertiary/aromatic N) is 1. The van der Waals surface area contributed by atoms with Gasteiger partial charge < -0.3 is 10.6 Å². The van der Waals surface area contributed by atoms with Crippen LogP contribution in [0.4, 0.5) is 17.2 Å². The Balaban J connectivity index is 2.05. The molecule has 6 heteroatoms. The zero-order valence-electron chi connectivity index (χ0n) is 11.5. The summed E-state index contributed by atoms with van der Waals surface area (Å²) < 4.78 is 0. The fourth-order valence-corrected chi connectivity index (χ4v) is 2.06. The van der Waals surface area contributed by atoms with Gasteiger partial charge in [-0.2, -0.15) is 0 Å². The van der Waals surface area contributed by atoms with Gasteiger partial charge in [0, 0.05) is 11.4 Å². The molecule has 1 aromatic heterocycles. The summed E-state index contributed by atoms with van der Waals surface area (Å²) in [5.74, 6) is 0.602. The van der Waals surface area contributed by atoms with Crippen LogP contribution in [0.25, 0.3) is 0 Å². The van der Waals surface area contributed by atoms with Crippen molar-refractivity contribution in [2.75, 3.05) is 10.6 Å². The highest BCUT2D eigenvalue weighted by Crippen LogP contribution is 2.28. The Hall–Kier alpha value is -1.78. The van der Waals surface area contributed by atoms with Crippen molar-refractivity contribution in [3.63, 3.8) is 0 Å². The molecule has 1 aromatic carbocycles. The van der Waals surface area contributed by atoms with Gasteiger partial charge in [0.1, 0.15) is 5.82 Å².